The Balaban J connectivity index is 1.79. The number of benzene rings is 3. The van der Waals surface area contributed by atoms with Gasteiger partial charge in [-0.05, 0) is 34.9 Å². The second-order valence-corrected chi connectivity index (χ2v) is 6.37. The van der Waals surface area contributed by atoms with Crippen molar-refractivity contribution in [1.29, 1.82) is 5.26 Å². The molecule has 28 heavy (non-hydrogen) atoms. The van der Waals surface area contributed by atoms with Crippen LogP contribution >= 0.6 is 0 Å². The van der Waals surface area contributed by atoms with Crippen LogP contribution in [0.3, 0.4) is 0 Å². The lowest BCUT2D eigenvalue weighted by Gasteiger charge is -2.13. The molecule has 1 aromatic heterocycles. The van der Waals surface area contributed by atoms with Crippen LogP contribution in [0.15, 0.2) is 72.8 Å². The Labute approximate surface area is 159 Å². The number of fused-ring (bicyclic) bond motifs is 1. The zero-order valence-corrected chi connectivity index (χ0v) is 14.6. The van der Waals surface area contributed by atoms with Crippen molar-refractivity contribution in [1.82, 2.24) is 9.55 Å². The van der Waals surface area contributed by atoms with Crippen LogP contribution in [0.1, 0.15) is 17.0 Å². The van der Waals surface area contributed by atoms with Crippen molar-refractivity contribution in [2.75, 3.05) is 0 Å². The number of hydrogen-bond acceptors (Lipinski definition) is 2. The molecule has 4 rings (SSSR count). The quantitative estimate of drug-likeness (QED) is 0.463. The summed E-state index contributed by atoms with van der Waals surface area (Å²) in [4.78, 5) is 3.76. The standard InChI is InChI=1S/C22H14F3N3/c23-22(24,25)21-27-19-8-4-5-9-20(19)28(21)14-15-10-11-18(17(12-15)13-26)16-6-2-1-3-7-16/h1-12H,14H2. The molecule has 0 aliphatic heterocycles. The molecule has 6 heteroatoms. The molecule has 0 atom stereocenters. The molecule has 0 N–H and O–H groups in total. The van der Waals surface area contributed by atoms with Crippen LogP contribution < -0.4 is 0 Å². The third-order valence-corrected chi connectivity index (χ3v) is 4.54. The highest BCUT2D eigenvalue weighted by Crippen LogP contribution is 2.32. The number of alkyl halides is 3. The number of nitrogens with zero attached hydrogens (tertiary/aromatic N) is 3. The maximum absolute atomic E-state index is 13.5. The first-order chi connectivity index (χ1) is 13.5. The number of aromatic nitrogens is 2. The lowest BCUT2D eigenvalue weighted by molar-refractivity contribution is -0.146. The van der Waals surface area contributed by atoms with Crippen molar-refractivity contribution in [2.24, 2.45) is 0 Å². The van der Waals surface area contributed by atoms with Crippen LogP contribution in [0, 0.1) is 11.3 Å². The van der Waals surface area contributed by atoms with Gasteiger partial charge in [-0.3, -0.25) is 0 Å². The molecule has 0 saturated heterocycles. The van der Waals surface area contributed by atoms with Gasteiger partial charge in [0.1, 0.15) is 0 Å². The Morgan fingerprint density at radius 1 is 0.929 bits per heavy atom. The average Bonchev–Trinajstić information content (AvgIpc) is 3.07. The van der Waals surface area contributed by atoms with Gasteiger partial charge in [-0.1, -0.05) is 54.6 Å². The van der Waals surface area contributed by atoms with Crippen molar-refractivity contribution >= 4 is 11.0 Å². The number of nitriles is 1. The van der Waals surface area contributed by atoms with Gasteiger partial charge in [-0.25, -0.2) is 4.98 Å². The predicted molar refractivity (Wildman–Crippen MR) is 100 cm³/mol. The van der Waals surface area contributed by atoms with E-state index in [1.807, 2.05) is 30.3 Å². The maximum atomic E-state index is 13.5. The minimum absolute atomic E-state index is 0.0287. The third kappa shape index (κ3) is 3.23. The van der Waals surface area contributed by atoms with Crippen molar-refractivity contribution in [2.45, 2.75) is 12.7 Å². The largest absolute Gasteiger partial charge is 0.449 e. The number of imidazole rings is 1. The molecule has 0 fully saturated rings. The summed E-state index contributed by atoms with van der Waals surface area (Å²) < 4.78 is 41.6. The highest BCUT2D eigenvalue weighted by Gasteiger charge is 2.37. The van der Waals surface area contributed by atoms with Crippen LogP contribution in [0.25, 0.3) is 22.2 Å². The highest BCUT2D eigenvalue weighted by molar-refractivity contribution is 5.76. The molecule has 138 valence electrons. The monoisotopic (exact) mass is 377 g/mol. The Bertz CT molecular complexity index is 1190. The van der Waals surface area contributed by atoms with E-state index in [4.69, 9.17) is 0 Å². The summed E-state index contributed by atoms with van der Waals surface area (Å²) in [6, 6.07) is 23.2. The zero-order valence-electron chi connectivity index (χ0n) is 14.6. The first kappa shape index (κ1) is 17.8. The molecular weight excluding hydrogens is 363 g/mol. The second-order valence-electron chi connectivity index (χ2n) is 6.37. The van der Waals surface area contributed by atoms with Gasteiger partial charge in [0, 0.05) is 6.54 Å². The Kier molecular flexibility index (Phi) is 4.36. The molecule has 3 aromatic carbocycles. The van der Waals surface area contributed by atoms with Gasteiger partial charge in [-0.2, -0.15) is 18.4 Å². The van der Waals surface area contributed by atoms with E-state index < -0.39 is 12.0 Å². The fourth-order valence-corrected chi connectivity index (χ4v) is 3.29. The van der Waals surface area contributed by atoms with E-state index in [1.165, 1.54) is 0 Å². The van der Waals surface area contributed by atoms with Crippen molar-refractivity contribution in [3.8, 4) is 17.2 Å². The molecule has 0 saturated carbocycles. The zero-order chi connectivity index (χ0) is 19.7. The average molecular weight is 377 g/mol. The highest BCUT2D eigenvalue weighted by atomic mass is 19.4. The van der Waals surface area contributed by atoms with E-state index in [0.29, 0.717) is 16.6 Å². The molecule has 0 bridgehead atoms. The van der Waals surface area contributed by atoms with E-state index >= 15 is 0 Å². The topological polar surface area (TPSA) is 41.6 Å². The van der Waals surface area contributed by atoms with Crippen molar-refractivity contribution in [3.05, 3.63) is 89.7 Å². The lowest BCUT2D eigenvalue weighted by Crippen LogP contribution is -2.15. The molecular formula is C22H14F3N3. The van der Waals surface area contributed by atoms with Gasteiger partial charge in [-0.15, -0.1) is 0 Å². The van der Waals surface area contributed by atoms with E-state index in [0.717, 1.165) is 15.7 Å². The van der Waals surface area contributed by atoms with E-state index in [9.17, 15) is 18.4 Å². The van der Waals surface area contributed by atoms with Crippen LogP contribution in [0.4, 0.5) is 13.2 Å². The van der Waals surface area contributed by atoms with E-state index in [2.05, 4.69) is 11.1 Å². The van der Waals surface area contributed by atoms with Crippen LogP contribution in [0.2, 0.25) is 0 Å². The van der Waals surface area contributed by atoms with Gasteiger partial charge in [0.2, 0.25) is 5.82 Å². The summed E-state index contributed by atoms with van der Waals surface area (Å²) in [5, 5.41) is 9.54. The van der Waals surface area contributed by atoms with Crippen LogP contribution in [-0.2, 0) is 12.7 Å². The minimum atomic E-state index is -4.57. The predicted octanol–water partition coefficient (Wildman–Crippen LogP) is 5.64. The van der Waals surface area contributed by atoms with Gasteiger partial charge >= 0.3 is 6.18 Å². The van der Waals surface area contributed by atoms with Gasteiger partial charge in [0.15, 0.2) is 0 Å². The van der Waals surface area contributed by atoms with E-state index in [1.54, 1.807) is 42.5 Å². The fourth-order valence-electron chi connectivity index (χ4n) is 3.29. The van der Waals surface area contributed by atoms with E-state index in [-0.39, 0.29) is 12.1 Å². The molecule has 0 radical (unpaired) electrons. The summed E-state index contributed by atoms with van der Waals surface area (Å²) in [6.45, 7) is -0.0287. The second kappa shape index (κ2) is 6.86. The number of hydrogen-bond donors (Lipinski definition) is 0. The van der Waals surface area contributed by atoms with Crippen LogP contribution in [-0.4, -0.2) is 9.55 Å². The summed E-state index contributed by atoms with van der Waals surface area (Å²) in [5.74, 6) is -0.945. The number of para-hydroxylation sites is 2. The first-order valence-corrected chi connectivity index (χ1v) is 8.58. The van der Waals surface area contributed by atoms with Gasteiger partial charge in [0.25, 0.3) is 0 Å². The molecule has 3 nitrogen and oxygen atoms in total. The Morgan fingerprint density at radius 3 is 2.36 bits per heavy atom. The Hall–Kier alpha value is -3.59. The Morgan fingerprint density at radius 2 is 1.64 bits per heavy atom. The molecule has 0 amide bonds. The minimum Gasteiger partial charge on any atom is -0.316 e. The molecule has 4 aromatic rings. The summed E-state index contributed by atoms with van der Waals surface area (Å²) >= 11 is 0. The summed E-state index contributed by atoms with van der Waals surface area (Å²) in [6.07, 6.45) is -4.57. The maximum Gasteiger partial charge on any atom is 0.449 e. The molecule has 0 spiro atoms. The fraction of sp³-hybridized carbons (Fsp3) is 0.0909. The lowest BCUT2D eigenvalue weighted by atomic mass is 9.98. The van der Waals surface area contributed by atoms with Crippen molar-refractivity contribution in [3.63, 3.8) is 0 Å². The molecule has 0 aliphatic rings. The molecule has 0 unspecified atom stereocenters. The molecule has 0 aliphatic carbocycles. The third-order valence-electron chi connectivity index (χ3n) is 4.54. The van der Waals surface area contributed by atoms with Gasteiger partial charge < -0.3 is 4.57 Å². The normalized spacial score (nSPS) is 11.5. The molecule has 1 heterocycles. The number of halogens is 3. The van der Waals surface area contributed by atoms with Crippen molar-refractivity contribution < 1.29 is 13.2 Å². The summed E-state index contributed by atoms with van der Waals surface area (Å²) in [7, 11) is 0. The SMILES string of the molecule is N#Cc1cc(Cn2c(C(F)(F)F)nc3ccccc32)ccc1-c1ccccc1. The summed E-state index contributed by atoms with van der Waals surface area (Å²) in [5.41, 5.74) is 3.34. The smallest absolute Gasteiger partial charge is 0.316 e. The number of rotatable bonds is 3. The van der Waals surface area contributed by atoms with Gasteiger partial charge in [0.05, 0.1) is 22.7 Å². The van der Waals surface area contributed by atoms with Crippen LogP contribution in [0.5, 0.6) is 0 Å². The first-order valence-electron chi connectivity index (χ1n) is 8.58.